The van der Waals surface area contributed by atoms with Crippen molar-refractivity contribution in [1.29, 1.82) is 0 Å². The number of rotatable bonds is 0. The smallest absolute Gasteiger partial charge is 0.416 e. The van der Waals surface area contributed by atoms with Crippen LogP contribution in [0.15, 0.2) is 18.2 Å². The van der Waals surface area contributed by atoms with Gasteiger partial charge in [0.05, 0.1) is 11.3 Å². The average Bonchev–Trinajstić information content (AvgIpc) is 2.51. The molecule has 28 heavy (non-hydrogen) atoms. The second-order valence-corrected chi connectivity index (χ2v) is 8.24. The van der Waals surface area contributed by atoms with Crippen molar-refractivity contribution in [3.05, 3.63) is 29.3 Å². The van der Waals surface area contributed by atoms with Crippen molar-refractivity contribution in [2.24, 2.45) is 0 Å². The van der Waals surface area contributed by atoms with E-state index in [-0.39, 0.29) is 24.9 Å². The Bertz CT molecular complexity index is 803. The third-order valence-corrected chi connectivity index (χ3v) is 4.90. The number of carbonyl (C=O) groups excluding carboxylic acids is 2. The molecule has 1 aromatic carbocycles. The SMILES string of the molecule is CC1CC2(CCN1C(=O)OC(C)(C)C)OC(=O)Nc1ccc(C(F)(F)F)cc12. The van der Waals surface area contributed by atoms with Gasteiger partial charge in [0.25, 0.3) is 0 Å². The normalized spacial score (nSPS) is 25.0. The lowest BCUT2D eigenvalue weighted by Crippen LogP contribution is -2.54. The van der Waals surface area contributed by atoms with Gasteiger partial charge in [-0.15, -0.1) is 0 Å². The average molecular weight is 400 g/mol. The molecule has 2 unspecified atom stereocenters. The first kappa shape index (κ1) is 20.3. The van der Waals surface area contributed by atoms with E-state index in [9.17, 15) is 22.8 Å². The number of piperidine rings is 1. The second kappa shape index (κ2) is 6.56. The van der Waals surface area contributed by atoms with Gasteiger partial charge in [-0.3, -0.25) is 5.32 Å². The Balaban J connectivity index is 1.92. The van der Waals surface area contributed by atoms with E-state index in [1.807, 2.05) is 0 Å². The summed E-state index contributed by atoms with van der Waals surface area (Å²) in [5.74, 6) is 0. The van der Waals surface area contributed by atoms with E-state index in [0.29, 0.717) is 5.69 Å². The molecule has 2 aliphatic rings. The van der Waals surface area contributed by atoms with Crippen LogP contribution in [0.5, 0.6) is 0 Å². The van der Waals surface area contributed by atoms with Crippen LogP contribution in [-0.4, -0.2) is 35.3 Å². The predicted octanol–water partition coefficient (Wildman–Crippen LogP) is 4.88. The standard InChI is InChI=1S/C19H23F3N2O4/c1-11-10-18(7-8-24(11)16(26)28-17(2,3)4)13-9-12(19(20,21)22)5-6-14(13)23-15(25)27-18/h5-6,9,11H,7-8,10H2,1-4H3,(H,23,25). The number of alkyl halides is 3. The van der Waals surface area contributed by atoms with Gasteiger partial charge in [0, 0.05) is 31.0 Å². The van der Waals surface area contributed by atoms with Crippen LogP contribution in [0.4, 0.5) is 28.4 Å². The Morgan fingerprint density at radius 2 is 2.00 bits per heavy atom. The molecule has 1 spiro atoms. The van der Waals surface area contributed by atoms with Crippen molar-refractivity contribution >= 4 is 17.9 Å². The van der Waals surface area contributed by atoms with Crippen LogP contribution in [-0.2, 0) is 21.3 Å². The van der Waals surface area contributed by atoms with Crippen LogP contribution in [0.3, 0.4) is 0 Å². The number of hydrogen-bond acceptors (Lipinski definition) is 4. The molecular formula is C19H23F3N2O4. The van der Waals surface area contributed by atoms with E-state index < -0.39 is 41.2 Å². The molecule has 0 aromatic heterocycles. The van der Waals surface area contributed by atoms with Crippen molar-refractivity contribution in [2.75, 3.05) is 11.9 Å². The maximum absolute atomic E-state index is 13.2. The van der Waals surface area contributed by atoms with Gasteiger partial charge in [-0.2, -0.15) is 13.2 Å². The number of nitrogens with zero attached hydrogens (tertiary/aromatic N) is 1. The third-order valence-electron chi connectivity index (χ3n) is 4.90. The molecule has 9 heteroatoms. The van der Waals surface area contributed by atoms with E-state index in [0.717, 1.165) is 12.1 Å². The highest BCUT2D eigenvalue weighted by molar-refractivity contribution is 5.89. The molecule has 2 heterocycles. The Morgan fingerprint density at radius 1 is 1.32 bits per heavy atom. The fourth-order valence-electron chi connectivity index (χ4n) is 3.71. The number of ether oxygens (including phenoxy) is 2. The van der Waals surface area contributed by atoms with Gasteiger partial charge in [-0.05, 0) is 45.9 Å². The molecule has 1 aromatic rings. The third kappa shape index (κ3) is 3.88. The number of hydrogen-bond donors (Lipinski definition) is 1. The lowest BCUT2D eigenvalue weighted by molar-refractivity contribution is -0.137. The maximum atomic E-state index is 13.2. The summed E-state index contributed by atoms with van der Waals surface area (Å²) >= 11 is 0. The predicted molar refractivity (Wildman–Crippen MR) is 94.9 cm³/mol. The topological polar surface area (TPSA) is 67.9 Å². The number of likely N-dealkylation sites (tertiary alicyclic amines) is 1. The zero-order valence-electron chi connectivity index (χ0n) is 16.1. The number of amides is 2. The lowest BCUT2D eigenvalue weighted by atomic mass is 9.79. The summed E-state index contributed by atoms with van der Waals surface area (Å²) in [5.41, 5.74) is -2.13. The van der Waals surface area contributed by atoms with Crippen LogP contribution in [0.1, 0.15) is 51.7 Å². The highest BCUT2D eigenvalue weighted by atomic mass is 19.4. The largest absolute Gasteiger partial charge is 0.444 e. The minimum absolute atomic E-state index is 0.175. The minimum atomic E-state index is -4.51. The molecule has 0 saturated carbocycles. The molecule has 0 bridgehead atoms. The van der Waals surface area contributed by atoms with Gasteiger partial charge >= 0.3 is 18.4 Å². The van der Waals surface area contributed by atoms with E-state index in [2.05, 4.69) is 5.32 Å². The Kier molecular flexibility index (Phi) is 4.75. The summed E-state index contributed by atoms with van der Waals surface area (Å²) in [5, 5.41) is 2.46. The molecule has 6 nitrogen and oxygen atoms in total. The van der Waals surface area contributed by atoms with Crippen LogP contribution in [0.2, 0.25) is 0 Å². The van der Waals surface area contributed by atoms with E-state index in [4.69, 9.17) is 9.47 Å². The summed E-state index contributed by atoms with van der Waals surface area (Å²) in [6.45, 7) is 7.21. The summed E-state index contributed by atoms with van der Waals surface area (Å²) in [7, 11) is 0. The first-order chi connectivity index (χ1) is 12.8. The van der Waals surface area contributed by atoms with Crippen molar-refractivity contribution < 1.29 is 32.2 Å². The molecule has 0 aliphatic carbocycles. The zero-order chi connectivity index (χ0) is 20.9. The zero-order valence-corrected chi connectivity index (χ0v) is 16.1. The van der Waals surface area contributed by atoms with E-state index in [1.165, 1.54) is 11.0 Å². The van der Waals surface area contributed by atoms with E-state index >= 15 is 0 Å². The molecule has 3 rings (SSSR count). The summed E-state index contributed by atoms with van der Waals surface area (Å²) in [4.78, 5) is 26.0. The highest BCUT2D eigenvalue weighted by Gasteiger charge is 2.49. The van der Waals surface area contributed by atoms with Crippen molar-refractivity contribution in [2.45, 2.75) is 64.0 Å². The monoisotopic (exact) mass is 400 g/mol. The number of benzene rings is 1. The molecular weight excluding hydrogens is 377 g/mol. The number of anilines is 1. The Hall–Kier alpha value is -2.45. The molecule has 154 valence electrons. The molecule has 0 radical (unpaired) electrons. The summed E-state index contributed by atoms with van der Waals surface area (Å²) in [6.07, 6.45) is -5.38. The Morgan fingerprint density at radius 3 is 2.57 bits per heavy atom. The first-order valence-electron chi connectivity index (χ1n) is 9.02. The second-order valence-electron chi connectivity index (χ2n) is 8.24. The summed E-state index contributed by atoms with van der Waals surface area (Å²) in [6, 6.07) is 2.80. The van der Waals surface area contributed by atoms with Crippen LogP contribution in [0, 0.1) is 0 Å². The van der Waals surface area contributed by atoms with E-state index in [1.54, 1.807) is 27.7 Å². The molecule has 2 aliphatic heterocycles. The van der Waals surface area contributed by atoms with Gasteiger partial charge in [-0.1, -0.05) is 0 Å². The van der Waals surface area contributed by atoms with Gasteiger partial charge in [0.2, 0.25) is 0 Å². The van der Waals surface area contributed by atoms with Gasteiger partial charge in [0.1, 0.15) is 11.2 Å². The van der Waals surface area contributed by atoms with Gasteiger partial charge < -0.3 is 14.4 Å². The van der Waals surface area contributed by atoms with Crippen molar-refractivity contribution in [3.8, 4) is 0 Å². The molecule has 1 saturated heterocycles. The van der Waals surface area contributed by atoms with Crippen molar-refractivity contribution in [3.63, 3.8) is 0 Å². The summed E-state index contributed by atoms with van der Waals surface area (Å²) < 4.78 is 50.5. The van der Waals surface area contributed by atoms with Crippen LogP contribution in [0.25, 0.3) is 0 Å². The maximum Gasteiger partial charge on any atom is 0.416 e. The fourth-order valence-corrected chi connectivity index (χ4v) is 3.71. The Labute approximate surface area is 161 Å². The van der Waals surface area contributed by atoms with Crippen LogP contribution < -0.4 is 5.32 Å². The number of nitrogens with one attached hydrogen (secondary N) is 1. The van der Waals surface area contributed by atoms with Gasteiger partial charge in [0.15, 0.2) is 0 Å². The minimum Gasteiger partial charge on any atom is -0.444 e. The molecule has 1 N–H and O–H groups in total. The first-order valence-corrected chi connectivity index (χ1v) is 9.02. The number of carbonyl (C=O) groups is 2. The fraction of sp³-hybridized carbons (Fsp3) is 0.579. The lowest BCUT2D eigenvalue weighted by Gasteiger charge is -2.47. The van der Waals surface area contributed by atoms with Gasteiger partial charge in [-0.25, -0.2) is 9.59 Å². The number of halogens is 3. The molecule has 1 fully saturated rings. The quantitative estimate of drug-likeness (QED) is 0.674. The highest BCUT2D eigenvalue weighted by Crippen LogP contribution is 2.47. The number of fused-ring (bicyclic) bond motifs is 2. The van der Waals surface area contributed by atoms with Crippen LogP contribution >= 0.6 is 0 Å². The molecule has 2 amide bonds. The van der Waals surface area contributed by atoms with Crippen molar-refractivity contribution in [1.82, 2.24) is 4.90 Å². The molecule has 2 atom stereocenters.